The van der Waals surface area contributed by atoms with Gasteiger partial charge in [0.2, 0.25) is 0 Å². The molecule has 21 heavy (non-hydrogen) atoms. The molecule has 0 saturated heterocycles. The summed E-state index contributed by atoms with van der Waals surface area (Å²) in [5, 5.41) is 3.49. The third-order valence-electron chi connectivity index (χ3n) is 2.32. The van der Waals surface area contributed by atoms with Gasteiger partial charge in [-0.1, -0.05) is 25.4 Å². The molecule has 0 aliphatic heterocycles. The van der Waals surface area contributed by atoms with Crippen LogP contribution >= 0.6 is 23.8 Å². The third kappa shape index (κ3) is 6.31. The minimum atomic E-state index is -0.451. The number of benzene rings is 1. The molecule has 116 valence electrons. The largest absolute Gasteiger partial charge is 0.468 e. The highest BCUT2D eigenvalue weighted by molar-refractivity contribution is 7.80. The molecule has 4 nitrogen and oxygen atoms in total. The van der Waals surface area contributed by atoms with Crippen LogP contribution < -0.4 is 5.32 Å². The van der Waals surface area contributed by atoms with Crippen molar-refractivity contribution < 1.29 is 14.3 Å². The van der Waals surface area contributed by atoms with Gasteiger partial charge in [0.05, 0.1) is 23.3 Å². The van der Waals surface area contributed by atoms with E-state index in [4.69, 9.17) is 33.3 Å². The lowest BCUT2D eigenvalue weighted by atomic mass is 10.2. The second kappa shape index (κ2) is 8.20. The molecule has 1 aromatic carbocycles. The molecule has 0 amide bonds. The Hall–Kier alpha value is -1.33. The Balaban J connectivity index is 2.79. The highest BCUT2D eigenvalue weighted by Crippen LogP contribution is 2.22. The van der Waals surface area contributed by atoms with Crippen LogP contribution in [-0.2, 0) is 9.47 Å². The van der Waals surface area contributed by atoms with Crippen LogP contribution in [0, 0.1) is 5.92 Å². The quantitative estimate of drug-likeness (QED) is 0.645. The van der Waals surface area contributed by atoms with Gasteiger partial charge >= 0.3 is 5.97 Å². The van der Waals surface area contributed by atoms with Crippen LogP contribution in [0.5, 0.6) is 0 Å². The fraction of sp³-hybridized carbons (Fsp3) is 0.467. The highest BCUT2D eigenvalue weighted by atomic mass is 35.5. The number of hydrogen-bond acceptors (Lipinski definition) is 4. The van der Waals surface area contributed by atoms with Crippen LogP contribution in [0.4, 0.5) is 5.69 Å². The van der Waals surface area contributed by atoms with E-state index >= 15 is 0 Å². The summed E-state index contributed by atoms with van der Waals surface area (Å²) in [6.45, 7) is 8.04. The molecule has 0 heterocycles. The Bertz CT molecular complexity index is 518. The second-order valence-corrected chi connectivity index (χ2v) is 6.04. The summed E-state index contributed by atoms with van der Waals surface area (Å²) in [5.74, 6) is -0.186. The Morgan fingerprint density at radius 2 is 2.00 bits per heavy atom. The van der Waals surface area contributed by atoms with Crippen LogP contribution in [0.2, 0.25) is 5.02 Å². The van der Waals surface area contributed by atoms with E-state index in [0.29, 0.717) is 22.9 Å². The molecule has 0 bridgehead atoms. The Labute approximate surface area is 135 Å². The predicted molar refractivity (Wildman–Crippen MR) is 89.0 cm³/mol. The van der Waals surface area contributed by atoms with E-state index in [1.165, 1.54) is 0 Å². The first-order chi connectivity index (χ1) is 9.79. The van der Waals surface area contributed by atoms with E-state index in [1.807, 2.05) is 27.7 Å². The van der Waals surface area contributed by atoms with Gasteiger partial charge in [-0.2, -0.15) is 0 Å². The molecule has 0 unspecified atom stereocenters. The minimum absolute atomic E-state index is 0.0206. The maximum Gasteiger partial charge on any atom is 0.339 e. The van der Waals surface area contributed by atoms with Crippen LogP contribution in [0.3, 0.4) is 0 Å². The molecular formula is C15H20ClNO3S. The van der Waals surface area contributed by atoms with Crippen molar-refractivity contribution in [2.75, 3.05) is 11.9 Å². The van der Waals surface area contributed by atoms with Gasteiger partial charge in [-0.05, 0) is 50.2 Å². The number of nitrogens with one attached hydrogen (secondary N) is 1. The lowest BCUT2D eigenvalue weighted by Gasteiger charge is -2.14. The number of halogens is 1. The molecule has 0 fully saturated rings. The molecule has 1 aromatic rings. The molecule has 1 rings (SSSR count). The summed E-state index contributed by atoms with van der Waals surface area (Å²) in [6, 6.07) is 4.94. The zero-order valence-electron chi connectivity index (χ0n) is 12.6. The molecule has 0 atom stereocenters. The van der Waals surface area contributed by atoms with Crippen molar-refractivity contribution >= 4 is 40.7 Å². The number of thiocarbonyl (C=S) groups is 1. The Morgan fingerprint density at radius 3 is 2.57 bits per heavy atom. The summed E-state index contributed by atoms with van der Waals surface area (Å²) >= 11 is 11.1. The van der Waals surface area contributed by atoms with Crippen molar-refractivity contribution in [3.63, 3.8) is 0 Å². The van der Waals surface area contributed by atoms with Gasteiger partial charge in [0, 0.05) is 5.69 Å². The molecular weight excluding hydrogens is 310 g/mol. The van der Waals surface area contributed by atoms with Crippen molar-refractivity contribution in [1.29, 1.82) is 0 Å². The van der Waals surface area contributed by atoms with Crippen LogP contribution in [0.1, 0.15) is 38.1 Å². The maximum absolute atomic E-state index is 12.0. The monoisotopic (exact) mass is 329 g/mol. The summed E-state index contributed by atoms with van der Waals surface area (Å²) in [5.41, 5.74) is 0.927. The van der Waals surface area contributed by atoms with Gasteiger partial charge in [0.1, 0.15) is 0 Å². The first kappa shape index (κ1) is 17.7. The van der Waals surface area contributed by atoms with E-state index < -0.39 is 5.97 Å². The summed E-state index contributed by atoms with van der Waals surface area (Å²) in [6.07, 6.45) is -0.0206. The number of carbonyl (C=O) groups is 1. The SMILES string of the molecule is CC(C)COC(=O)c1cc(NC(=S)OC(C)C)ccc1Cl. The van der Waals surface area contributed by atoms with E-state index in [0.717, 1.165) is 0 Å². The Kier molecular flexibility index (Phi) is 6.92. The molecule has 0 spiro atoms. The summed E-state index contributed by atoms with van der Waals surface area (Å²) in [7, 11) is 0. The summed E-state index contributed by atoms with van der Waals surface area (Å²) in [4.78, 5) is 12.0. The van der Waals surface area contributed by atoms with Crippen LogP contribution in [0.15, 0.2) is 18.2 Å². The molecule has 0 aromatic heterocycles. The fourth-order valence-corrected chi connectivity index (χ4v) is 1.95. The zero-order chi connectivity index (χ0) is 16.0. The van der Waals surface area contributed by atoms with Gasteiger partial charge in [-0.25, -0.2) is 4.79 Å². The average molecular weight is 330 g/mol. The van der Waals surface area contributed by atoms with Gasteiger partial charge in [0.15, 0.2) is 0 Å². The normalized spacial score (nSPS) is 10.6. The van der Waals surface area contributed by atoms with Crippen molar-refractivity contribution in [2.45, 2.75) is 33.8 Å². The second-order valence-electron chi connectivity index (χ2n) is 5.27. The number of esters is 1. The van der Waals surface area contributed by atoms with Gasteiger partial charge in [-0.15, -0.1) is 0 Å². The predicted octanol–water partition coefficient (Wildman–Crippen LogP) is 4.27. The smallest absolute Gasteiger partial charge is 0.339 e. The highest BCUT2D eigenvalue weighted by Gasteiger charge is 2.14. The maximum atomic E-state index is 12.0. The van der Waals surface area contributed by atoms with Crippen molar-refractivity contribution in [3.05, 3.63) is 28.8 Å². The van der Waals surface area contributed by atoms with E-state index in [9.17, 15) is 4.79 Å². The van der Waals surface area contributed by atoms with Crippen LogP contribution in [0.25, 0.3) is 0 Å². The topological polar surface area (TPSA) is 47.6 Å². The van der Waals surface area contributed by atoms with Gasteiger partial charge < -0.3 is 14.8 Å². The van der Waals surface area contributed by atoms with Gasteiger partial charge in [-0.3, -0.25) is 0 Å². The third-order valence-corrected chi connectivity index (χ3v) is 2.85. The summed E-state index contributed by atoms with van der Waals surface area (Å²) < 4.78 is 10.5. The molecule has 0 saturated carbocycles. The van der Waals surface area contributed by atoms with Crippen molar-refractivity contribution in [1.82, 2.24) is 0 Å². The average Bonchev–Trinajstić information content (AvgIpc) is 2.37. The van der Waals surface area contributed by atoms with Crippen LogP contribution in [-0.4, -0.2) is 23.9 Å². The lowest BCUT2D eigenvalue weighted by molar-refractivity contribution is 0.0459. The van der Waals surface area contributed by atoms with E-state index in [2.05, 4.69) is 5.32 Å². The van der Waals surface area contributed by atoms with Crippen molar-refractivity contribution in [3.8, 4) is 0 Å². The molecule has 0 radical (unpaired) electrons. The fourth-order valence-electron chi connectivity index (χ4n) is 1.44. The first-order valence-electron chi connectivity index (χ1n) is 6.74. The standard InChI is InChI=1S/C15H20ClNO3S/c1-9(2)8-19-14(18)12-7-11(5-6-13(12)16)17-15(21)20-10(3)4/h5-7,9-10H,8H2,1-4H3,(H,17,21). The number of rotatable bonds is 5. The van der Waals surface area contributed by atoms with Gasteiger partial charge in [0.25, 0.3) is 5.17 Å². The first-order valence-corrected chi connectivity index (χ1v) is 7.52. The number of hydrogen-bond donors (Lipinski definition) is 1. The van der Waals surface area contributed by atoms with Crippen molar-refractivity contribution in [2.24, 2.45) is 5.92 Å². The Morgan fingerprint density at radius 1 is 1.33 bits per heavy atom. The minimum Gasteiger partial charge on any atom is -0.468 e. The van der Waals surface area contributed by atoms with E-state index in [1.54, 1.807) is 18.2 Å². The number of carbonyl (C=O) groups excluding carboxylic acids is 1. The molecule has 0 aliphatic carbocycles. The number of anilines is 1. The zero-order valence-corrected chi connectivity index (χ0v) is 14.2. The molecule has 0 aliphatic rings. The van der Waals surface area contributed by atoms with E-state index in [-0.39, 0.29) is 17.2 Å². The number of ether oxygens (including phenoxy) is 2. The molecule has 1 N–H and O–H groups in total. The molecule has 6 heteroatoms. The lowest BCUT2D eigenvalue weighted by Crippen LogP contribution is -2.18.